The highest BCUT2D eigenvalue weighted by Crippen LogP contribution is 2.36. The van der Waals surface area contributed by atoms with Gasteiger partial charge in [-0.2, -0.15) is 0 Å². The van der Waals surface area contributed by atoms with Gasteiger partial charge in [0.15, 0.2) is 11.3 Å². The second kappa shape index (κ2) is 4.37. The lowest BCUT2D eigenvalue weighted by Crippen LogP contribution is -2.13. The maximum Gasteiger partial charge on any atom is 0.374 e. The summed E-state index contributed by atoms with van der Waals surface area (Å²) in [5.41, 5.74) is 0.360. The summed E-state index contributed by atoms with van der Waals surface area (Å²) in [6.07, 6.45) is 1.11. The summed E-state index contributed by atoms with van der Waals surface area (Å²) in [5.74, 6) is 0.559. The van der Waals surface area contributed by atoms with E-state index in [-0.39, 0.29) is 17.0 Å². The fraction of sp³-hybridized carbons (Fsp3) is 0.111. The lowest BCUT2D eigenvalue weighted by molar-refractivity contribution is 0.386. The molecule has 104 valence electrons. The molecular weight excluding hydrogens is 287 g/mol. The number of tetrazole rings is 1. The number of aromatic amines is 1. The van der Waals surface area contributed by atoms with Crippen LogP contribution in [0.25, 0.3) is 17.2 Å². The van der Waals surface area contributed by atoms with E-state index in [1.807, 2.05) is 0 Å². The highest BCUT2D eigenvalue weighted by molar-refractivity contribution is 7.60. The zero-order valence-corrected chi connectivity index (χ0v) is 11.0. The molecule has 3 heterocycles. The van der Waals surface area contributed by atoms with Crippen molar-refractivity contribution in [2.45, 2.75) is 0 Å². The van der Waals surface area contributed by atoms with Gasteiger partial charge in [0.1, 0.15) is 17.1 Å². The first kappa shape index (κ1) is 12.7. The normalized spacial score (nSPS) is 11.9. The Morgan fingerprint density at radius 3 is 2.80 bits per heavy atom. The standard InChI is InChI=1S/C9H9N6O4P/c1-19-5-2-3-6-10-4-7(20(16,17)18)15(6)8(5)9-11-13-14-12-9/h2-4H,1H3,(H2,16,17,18)(H,11,12,13,14). The average molecular weight is 296 g/mol. The van der Waals surface area contributed by atoms with Gasteiger partial charge in [-0.15, -0.1) is 5.10 Å². The molecule has 0 fully saturated rings. The molecule has 0 saturated carbocycles. The smallest absolute Gasteiger partial charge is 0.374 e. The number of nitrogens with zero attached hydrogens (tertiary/aromatic N) is 5. The van der Waals surface area contributed by atoms with Crippen molar-refractivity contribution in [3.63, 3.8) is 0 Å². The van der Waals surface area contributed by atoms with Crippen LogP contribution in [-0.4, -0.2) is 46.9 Å². The number of pyridine rings is 1. The number of imidazole rings is 1. The molecule has 0 bridgehead atoms. The molecule has 3 rings (SSSR count). The van der Waals surface area contributed by atoms with Crippen LogP contribution >= 0.6 is 7.60 Å². The largest absolute Gasteiger partial charge is 0.494 e. The van der Waals surface area contributed by atoms with Gasteiger partial charge in [-0.05, 0) is 22.6 Å². The lowest BCUT2D eigenvalue weighted by Gasteiger charge is -2.11. The van der Waals surface area contributed by atoms with Crippen LogP contribution in [0.2, 0.25) is 0 Å². The van der Waals surface area contributed by atoms with Crippen LogP contribution in [0.3, 0.4) is 0 Å². The number of rotatable bonds is 3. The Morgan fingerprint density at radius 2 is 2.20 bits per heavy atom. The third kappa shape index (κ3) is 1.86. The fourth-order valence-corrected chi connectivity index (χ4v) is 2.57. The van der Waals surface area contributed by atoms with Crippen LogP contribution in [0.1, 0.15) is 0 Å². The lowest BCUT2D eigenvalue weighted by atomic mass is 10.3. The van der Waals surface area contributed by atoms with Gasteiger partial charge in [-0.1, -0.05) is 0 Å². The Morgan fingerprint density at radius 1 is 1.40 bits per heavy atom. The molecule has 0 atom stereocenters. The van der Waals surface area contributed by atoms with Gasteiger partial charge in [0.25, 0.3) is 0 Å². The third-order valence-electron chi connectivity index (χ3n) is 2.70. The zero-order valence-electron chi connectivity index (χ0n) is 10.1. The summed E-state index contributed by atoms with van der Waals surface area (Å²) < 4.78 is 18.0. The van der Waals surface area contributed by atoms with Crippen molar-refractivity contribution < 1.29 is 19.1 Å². The summed E-state index contributed by atoms with van der Waals surface area (Å²) in [5, 5.41) is 13.2. The van der Waals surface area contributed by atoms with Crippen LogP contribution < -0.4 is 10.2 Å². The molecule has 0 aliphatic heterocycles. The zero-order chi connectivity index (χ0) is 14.3. The van der Waals surface area contributed by atoms with Crippen molar-refractivity contribution >= 4 is 18.7 Å². The monoisotopic (exact) mass is 296 g/mol. The van der Waals surface area contributed by atoms with Crippen molar-refractivity contribution in [1.82, 2.24) is 30.0 Å². The number of ether oxygens (including phenoxy) is 1. The molecular formula is C9H9N6O4P. The summed E-state index contributed by atoms with van der Waals surface area (Å²) in [4.78, 5) is 22.8. The molecule has 0 amide bonds. The minimum Gasteiger partial charge on any atom is -0.494 e. The molecule has 0 unspecified atom stereocenters. The second-order valence-corrected chi connectivity index (χ2v) is 5.40. The van der Waals surface area contributed by atoms with Crippen LogP contribution in [0.4, 0.5) is 0 Å². The van der Waals surface area contributed by atoms with E-state index >= 15 is 0 Å². The number of methoxy groups -OCH3 is 1. The first-order valence-electron chi connectivity index (χ1n) is 5.37. The van der Waals surface area contributed by atoms with Crippen LogP contribution in [-0.2, 0) is 4.57 Å². The highest BCUT2D eigenvalue weighted by atomic mass is 31.2. The van der Waals surface area contributed by atoms with Gasteiger partial charge >= 0.3 is 7.60 Å². The van der Waals surface area contributed by atoms with E-state index in [0.29, 0.717) is 11.4 Å². The van der Waals surface area contributed by atoms with Gasteiger partial charge in [0.05, 0.1) is 13.3 Å². The van der Waals surface area contributed by atoms with Crippen molar-refractivity contribution in [3.05, 3.63) is 18.3 Å². The maximum absolute atomic E-state index is 11.6. The number of aromatic nitrogens is 6. The predicted molar refractivity (Wildman–Crippen MR) is 66.6 cm³/mol. The molecule has 0 aliphatic carbocycles. The predicted octanol–water partition coefficient (Wildman–Crippen LogP) is -0.674. The van der Waals surface area contributed by atoms with Crippen molar-refractivity contribution in [2.24, 2.45) is 0 Å². The quantitative estimate of drug-likeness (QED) is 0.541. The van der Waals surface area contributed by atoms with E-state index in [0.717, 1.165) is 6.20 Å². The molecule has 0 spiro atoms. The van der Waals surface area contributed by atoms with Crippen LogP contribution in [0, 0.1) is 0 Å². The van der Waals surface area contributed by atoms with Crippen molar-refractivity contribution in [1.29, 1.82) is 0 Å². The van der Waals surface area contributed by atoms with Crippen molar-refractivity contribution in [2.75, 3.05) is 7.11 Å². The first-order chi connectivity index (χ1) is 9.52. The van der Waals surface area contributed by atoms with Gasteiger partial charge < -0.3 is 14.5 Å². The molecule has 10 nitrogen and oxygen atoms in total. The first-order valence-corrected chi connectivity index (χ1v) is 6.98. The van der Waals surface area contributed by atoms with Gasteiger partial charge in [-0.25, -0.2) is 10.1 Å². The van der Waals surface area contributed by atoms with Gasteiger partial charge in [0.2, 0.25) is 0 Å². The Kier molecular flexibility index (Phi) is 2.78. The number of H-pyrrole nitrogens is 1. The maximum atomic E-state index is 11.6. The summed E-state index contributed by atoms with van der Waals surface area (Å²) in [6.45, 7) is 0. The summed E-state index contributed by atoms with van der Waals surface area (Å²) in [6, 6.07) is 3.19. The highest BCUT2D eigenvalue weighted by Gasteiger charge is 2.26. The molecule has 3 N–H and O–H groups in total. The molecule has 0 aromatic carbocycles. The second-order valence-electron chi connectivity index (χ2n) is 3.85. The number of hydrogen-bond donors (Lipinski definition) is 3. The van der Waals surface area contributed by atoms with Crippen molar-refractivity contribution in [3.8, 4) is 17.3 Å². The van der Waals surface area contributed by atoms with Gasteiger partial charge in [-0.3, -0.25) is 8.97 Å². The Bertz CT molecular complexity index is 807. The van der Waals surface area contributed by atoms with Crippen LogP contribution in [0.5, 0.6) is 5.75 Å². The van der Waals surface area contributed by atoms with E-state index in [1.165, 1.54) is 11.5 Å². The fourth-order valence-electron chi connectivity index (χ4n) is 1.89. The van der Waals surface area contributed by atoms with E-state index in [4.69, 9.17) is 4.74 Å². The molecule has 11 heteroatoms. The Balaban J connectivity index is 2.45. The number of fused-ring (bicyclic) bond motifs is 1. The summed E-state index contributed by atoms with van der Waals surface area (Å²) in [7, 11) is -3.08. The number of hydrogen-bond acceptors (Lipinski definition) is 6. The van der Waals surface area contributed by atoms with E-state index in [1.54, 1.807) is 12.1 Å². The van der Waals surface area contributed by atoms with Crippen LogP contribution in [0.15, 0.2) is 18.3 Å². The van der Waals surface area contributed by atoms with E-state index in [9.17, 15) is 14.4 Å². The Labute approximate surface area is 111 Å². The summed E-state index contributed by atoms with van der Waals surface area (Å²) >= 11 is 0. The number of nitrogens with one attached hydrogen (secondary N) is 1. The van der Waals surface area contributed by atoms with E-state index in [2.05, 4.69) is 25.6 Å². The Hall–Kier alpha value is -2.29. The minimum atomic E-state index is -4.51. The molecule has 0 radical (unpaired) electrons. The molecule has 0 aliphatic rings. The molecule has 0 saturated heterocycles. The average Bonchev–Trinajstić information content (AvgIpc) is 3.05. The topological polar surface area (TPSA) is 139 Å². The van der Waals surface area contributed by atoms with E-state index < -0.39 is 7.60 Å². The third-order valence-corrected chi connectivity index (χ3v) is 3.61. The molecule has 3 aromatic heterocycles. The molecule has 20 heavy (non-hydrogen) atoms. The minimum absolute atomic E-state index is 0.208. The van der Waals surface area contributed by atoms with Gasteiger partial charge in [0, 0.05) is 0 Å². The molecule has 3 aromatic rings. The SMILES string of the molecule is COc1ccc2ncc(P(=O)(O)O)n2c1-c1nnn[nH]1.